The molecule has 0 amide bonds. The first-order valence-corrected chi connectivity index (χ1v) is 10.5. The molecule has 30 heavy (non-hydrogen) atoms. The average molecular weight is 425 g/mol. The average Bonchev–Trinajstić information content (AvgIpc) is 2.74. The second kappa shape index (κ2) is 9.76. The number of hydrogen-bond donors (Lipinski definition) is 1. The minimum absolute atomic E-state index is 0.00503. The summed E-state index contributed by atoms with van der Waals surface area (Å²) in [6.07, 6.45) is 0.930. The third-order valence-corrected chi connectivity index (χ3v) is 5.53. The summed E-state index contributed by atoms with van der Waals surface area (Å²) in [6.45, 7) is 6.79. The van der Waals surface area contributed by atoms with Crippen LogP contribution in [-0.4, -0.2) is 29.5 Å². The minimum Gasteiger partial charge on any atom is -0.493 e. The summed E-state index contributed by atoms with van der Waals surface area (Å²) in [4.78, 5) is 14.6. The topological polar surface area (TPSA) is 50.8 Å². The van der Waals surface area contributed by atoms with E-state index in [0.29, 0.717) is 28.8 Å². The number of ketones is 1. The molecule has 1 unspecified atom stereocenters. The molecule has 0 fully saturated rings. The molecule has 0 bridgehead atoms. The lowest BCUT2D eigenvalue weighted by Gasteiger charge is -2.38. The molecule has 3 rings (SSSR count). The Morgan fingerprint density at radius 2 is 1.90 bits per heavy atom. The quantitative estimate of drug-likeness (QED) is 0.616. The molecule has 0 radical (unpaired) electrons. The maximum Gasteiger partial charge on any atom is 0.173 e. The van der Waals surface area contributed by atoms with Gasteiger partial charge in [-0.2, -0.15) is 0 Å². The maximum absolute atomic E-state index is 12.7. The van der Waals surface area contributed by atoms with Gasteiger partial charge in [-0.15, -0.1) is 0 Å². The molecule has 1 atom stereocenters. The van der Waals surface area contributed by atoms with Crippen molar-refractivity contribution in [1.29, 1.82) is 0 Å². The molecule has 2 aromatic rings. The fourth-order valence-electron chi connectivity index (χ4n) is 3.77. The van der Waals surface area contributed by atoms with Gasteiger partial charge in [-0.25, -0.2) is 0 Å². The van der Waals surface area contributed by atoms with Gasteiger partial charge >= 0.3 is 0 Å². The van der Waals surface area contributed by atoms with E-state index in [-0.39, 0.29) is 5.78 Å². The number of carbonyl (C=O) groups excluding carboxylic acids is 1. The van der Waals surface area contributed by atoms with Crippen molar-refractivity contribution in [3.05, 3.63) is 70.9 Å². The molecule has 158 valence electrons. The normalized spacial score (nSPS) is 16.3. The van der Waals surface area contributed by atoms with Crippen molar-refractivity contribution < 1.29 is 14.3 Å². The van der Waals surface area contributed by atoms with E-state index in [1.54, 1.807) is 14.0 Å². The lowest BCUT2D eigenvalue weighted by molar-refractivity contribution is -0.114. The van der Waals surface area contributed by atoms with Gasteiger partial charge in [0.15, 0.2) is 22.4 Å². The Morgan fingerprint density at radius 3 is 2.53 bits per heavy atom. The number of methoxy groups -OCH3 is 1. The first kappa shape index (κ1) is 21.8. The van der Waals surface area contributed by atoms with Crippen LogP contribution < -0.4 is 14.8 Å². The highest BCUT2D eigenvalue weighted by Crippen LogP contribution is 2.40. The Kier molecular flexibility index (Phi) is 7.11. The fraction of sp³-hybridized carbons (Fsp3) is 0.333. The number of rotatable bonds is 8. The predicted molar refractivity (Wildman–Crippen MR) is 123 cm³/mol. The number of nitrogens with one attached hydrogen (secondary N) is 1. The molecule has 0 saturated carbocycles. The van der Waals surface area contributed by atoms with E-state index in [9.17, 15) is 4.79 Å². The second-order valence-electron chi connectivity index (χ2n) is 7.24. The van der Waals surface area contributed by atoms with Crippen molar-refractivity contribution in [3.8, 4) is 11.5 Å². The number of nitrogens with zero attached hydrogens (tertiary/aromatic N) is 1. The molecule has 5 nitrogen and oxygen atoms in total. The number of hydrogen-bond acceptors (Lipinski definition) is 4. The van der Waals surface area contributed by atoms with Crippen LogP contribution >= 0.6 is 12.2 Å². The Bertz CT molecular complexity index is 956. The van der Waals surface area contributed by atoms with Gasteiger partial charge in [0, 0.05) is 23.4 Å². The van der Waals surface area contributed by atoms with Crippen molar-refractivity contribution in [2.45, 2.75) is 39.8 Å². The van der Waals surface area contributed by atoms with Gasteiger partial charge in [0.05, 0.1) is 13.2 Å². The zero-order valence-corrected chi connectivity index (χ0v) is 18.7. The van der Waals surface area contributed by atoms with Gasteiger partial charge in [0.2, 0.25) is 0 Å². The highest BCUT2D eigenvalue weighted by atomic mass is 32.1. The van der Waals surface area contributed by atoms with E-state index < -0.39 is 6.04 Å². The van der Waals surface area contributed by atoms with Gasteiger partial charge < -0.3 is 19.7 Å². The summed E-state index contributed by atoms with van der Waals surface area (Å²) in [5, 5.41) is 3.97. The smallest absolute Gasteiger partial charge is 0.173 e. The molecular formula is C24H28N2O3S. The third-order valence-electron chi connectivity index (χ3n) is 5.19. The van der Waals surface area contributed by atoms with Crippen LogP contribution in [0.1, 0.15) is 44.4 Å². The molecule has 6 heteroatoms. The molecule has 0 spiro atoms. The van der Waals surface area contributed by atoms with Gasteiger partial charge in [0.1, 0.15) is 6.61 Å². The summed E-state index contributed by atoms with van der Waals surface area (Å²) >= 11 is 5.63. The second-order valence-corrected chi connectivity index (χ2v) is 7.63. The van der Waals surface area contributed by atoms with Crippen molar-refractivity contribution in [3.63, 3.8) is 0 Å². The van der Waals surface area contributed by atoms with E-state index in [1.807, 2.05) is 60.4 Å². The lowest BCUT2D eigenvalue weighted by atomic mass is 9.91. The number of allylic oxidation sites excluding steroid dienone is 1. The number of para-hydroxylation sites is 1. The SMILES string of the molecule is CCCN1C(=S)NC(c2cccc(OC)c2OCc2ccccc2)C(C(C)=O)=C1C. The van der Waals surface area contributed by atoms with Crippen LogP contribution in [0.3, 0.4) is 0 Å². The largest absolute Gasteiger partial charge is 0.493 e. The maximum atomic E-state index is 12.7. The zero-order valence-electron chi connectivity index (χ0n) is 17.9. The van der Waals surface area contributed by atoms with Crippen molar-refractivity contribution in [2.75, 3.05) is 13.7 Å². The van der Waals surface area contributed by atoms with E-state index >= 15 is 0 Å². The lowest BCUT2D eigenvalue weighted by Crippen LogP contribution is -2.47. The van der Waals surface area contributed by atoms with Crippen LogP contribution in [0.25, 0.3) is 0 Å². The molecule has 0 saturated heterocycles. The van der Waals surface area contributed by atoms with Gasteiger partial charge in [-0.05, 0) is 44.1 Å². The summed E-state index contributed by atoms with van der Waals surface area (Å²) in [5.74, 6) is 1.23. The van der Waals surface area contributed by atoms with Gasteiger partial charge in [0.25, 0.3) is 0 Å². The van der Waals surface area contributed by atoms with Crippen LogP contribution in [0.2, 0.25) is 0 Å². The molecule has 2 aromatic carbocycles. The molecule has 0 aromatic heterocycles. The summed E-state index contributed by atoms with van der Waals surface area (Å²) in [6, 6.07) is 15.3. The van der Waals surface area contributed by atoms with E-state index in [4.69, 9.17) is 21.7 Å². The van der Waals surface area contributed by atoms with Crippen LogP contribution in [0.5, 0.6) is 11.5 Å². The van der Waals surface area contributed by atoms with Gasteiger partial charge in [-0.1, -0.05) is 49.4 Å². The Labute approximate surface area is 183 Å². The highest BCUT2D eigenvalue weighted by Gasteiger charge is 2.34. The number of thiocarbonyl (C=S) groups is 1. The third kappa shape index (κ3) is 4.49. The Balaban J connectivity index is 2.05. The molecule has 1 aliphatic heterocycles. The number of Topliss-reactive ketones (excluding diaryl/α,β-unsaturated/α-hetero) is 1. The van der Waals surface area contributed by atoms with Crippen molar-refractivity contribution in [2.24, 2.45) is 0 Å². The van der Waals surface area contributed by atoms with E-state index in [0.717, 1.165) is 29.8 Å². The monoisotopic (exact) mass is 424 g/mol. The zero-order chi connectivity index (χ0) is 21.7. The number of ether oxygens (including phenoxy) is 2. The van der Waals surface area contributed by atoms with E-state index in [1.165, 1.54) is 0 Å². The molecule has 1 N–H and O–H groups in total. The van der Waals surface area contributed by atoms with Crippen LogP contribution in [0, 0.1) is 0 Å². The minimum atomic E-state index is -0.399. The highest BCUT2D eigenvalue weighted by molar-refractivity contribution is 7.80. The number of benzene rings is 2. The van der Waals surface area contributed by atoms with E-state index in [2.05, 4.69) is 12.2 Å². The summed E-state index contributed by atoms with van der Waals surface area (Å²) in [7, 11) is 1.61. The van der Waals surface area contributed by atoms with Crippen molar-refractivity contribution >= 4 is 23.1 Å². The standard InChI is InChI=1S/C24H28N2O3S/c1-5-14-26-16(2)21(17(3)27)22(25-24(26)30)19-12-9-13-20(28-4)23(19)29-15-18-10-7-6-8-11-18/h6-13,22H,5,14-15H2,1-4H3,(H,25,30). The number of carbonyl (C=O) groups is 1. The van der Waals surface area contributed by atoms with Gasteiger partial charge in [-0.3, -0.25) is 4.79 Å². The molecule has 1 aliphatic rings. The Hall–Kier alpha value is -2.86. The van der Waals surface area contributed by atoms with Crippen molar-refractivity contribution in [1.82, 2.24) is 10.2 Å². The van der Waals surface area contributed by atoms with Crippen LogP contribution in [0.15, 0.2) is 59.8 Å². The first-order valence-electron chi connectivity index (χ1n) is 10.1. The summed E-state index contributed by atoms with van der Waals surface area (Å²) in [5.41, 5.74) is 3.45. The summed E-state index contributed by atoms with van der Waals surface area (Å²) < 4.78 is 11.8. The molecular weight excluding hydrogens is 396 g/mol. The van der Waals surface area contributed by atoms with Crippen LogP contribution in [0.4, 0.5) is 0 Å². The predicted octanol–water partition coefficient (Wildman–Crippen LogP) is 4.78. The fourth-order valence-corrected chi connectivity index (χ4v) is 4.12. The van der Waals surface area contributed by atoms with Crippen LogP contribution in [-0.2, 0) is 11.4 Å². The first-order chi connectivity index (χ1) is 14.5. The Morgan fingerprint density at radius 1 is 1.17 bits per heavy atom. The molecule has 1 heterocycles. The molecule has 0 aliphatic carbocycles.